The fourth-order valence-corrected chi connectivity index (χ4v) is 8.39. The fraction of sp³-hybridized carbons (Fsp3) is 0. The Hall–Kier alpha value is -7.16. The Labute approximate surface area is 312 Å². The standard InChI is InChI=1S/C52H32N2/c1-3-10-39-30-41(25-17-33(39)8-1)43-13-5-15-45-47(43)32-48-44(42-26-18-34-9-2-4-11-40(34)31-42)14-6-16-46(48)50(45)36-21-19-35(20-22-36)49-28-27-38-24-23-37-12-7-29-53-51(37)52(38)54-49/h1-32H. The van der Waals surface area contributed by atoms with E-state index in [0.29, 0.717) is 0 Å². The van der Waals surface area contributed by atoms with Crippen LogP contribution in [0.2, 0.25) is 0 Å². The van der Waals surface area contributed by atoms with Gasteiger partial charge in [-0.2, -0.15) is 0 Å². The molecule has 0 aliphatic carbocycles. The lowest BCUT2D eigenvalue weighted by Gasteiger charge is -2.18. The summed E-state index contributed by atoms with van der Waals surface area (Å²) in [5.74, 6) is 0. The van der Waals surface area contributed by atoms with E-state index in [4.69, 9.17) is 4.98 Å². The second-order valence-electron chi connectivity index (χ2n) is 14.2. The molecule has 11 aromatic rings. The number of aromatic nitrogens is 2. The monoisotopic (exact) mass is 684 g/mol. The maximum absolute atomic E-state index is 5.15. The summed E-state index contributed by atoms with van der Waals surface area (Å²) in [7, 11) is 0. The van der Waals surface area contributed by atoms with E-state index in [1.807, 2.05) is 12.3 Å². The third-order valence-corrected chi connectivity index (χ3v) is 11.1. The van der Waals surface area contributed by atoms with Crippen LogP contribution in [0.3, 0.4) is 0 Å². The number of benzene rings is 9. The van der Waals surface area contributed by atoms with Gasteiger partial charge in [-0.05, 0) is 107 Å². The number of nitrogens with zero attached hydrogens (tertiary/aromatic N) is 2. The van der Waals surface area contributed by atoms with E-state index >= 15 is 0 Å². The van der Waals surface area contributed by atoms with Crippen LogP contribution in [0, 0.1) is 0 Å². The first-order valence-electron chi connectivity index (χ1n) is 18.5. The summed E-state index contributed by atoms with van der Waals surface area (Å²) in [6, 6.07) is 68.4. The van der Waals surface area contributed by atoms with Gasteiger partial charge in [0.05, 0.1) is 16.7 Å². The summed E-state index contributed by atoms with van der Waals surface area (Å²) in [4.78, 5) is 9.83. The normalized spacial score (nSPS) is 11.7. The largest absolute Gasteiger partial charge is 0.254 e. The van der Waals surface area contributed by atoms with Gasteiger partial charge in [-0.1, -0.05) is 158 Å². The van der Waals surface area contributed by atoms with Crippen molar-refractivity contribution in [2.75, 3.05) is 0 Å². The minimum Gasteiger partial charge on any atom is -0.254 e. The van der Waals surface area contributed by atoms with Gasteiger partial charge in [0.1, 0.15) is 0 Å². The fourth-order valence-electron chi connectivity index (χ4n) is 8.39. The zero-order valence-corrected chi connectivity index (χ0v) is 29.4. The molecule has 0 saturated heterocycles. The highest BCUT2D eigenvalue weighted by atomic mass is 14.7. The lowest BCUT2D eigenvalue weighted by molar-refractivity contribution is 1.37. The quantitative estimate of drug-likeness (QED) is 0.136. The SMILES string of the molecule is c1ccc2cc(-c3cccc4c(-c5ccc(-c6ccc7ccc8cccnc8c7n6)cc5)c5cccc(-c6ccc7ccccc7c6)c5cc34)ccc2c1. The van der Waals surface area contributed by atoms with Crippen LogP contribution in [-0.4, -0.2) is 9.97 Å². The first-order valence-corrected chi connectivity index (χ1v) is 18.5. The average Bonchev–Trinajstić information content (AvgIpc) is 3.24. The van der Waals surface area contributed by atoms with Crippen LogP contribution in [0.5, 0.6) is 0 Å². The Bertz CT molecular complexity index is 3130. The summed E-state index contributed by atoms with van der Waals surface area (Å²) >= 11 is 0. The summed E-state index contributed by atoms with van der Waals surface area (Å²) in [5.41, 5.74) is 11.2. The number of pyridine rings is 2. The van der Waals surface area contributed by atoms with Crippen LogP contribution in [0.4, 0.5) is 0 Å². The number of hydrogen-bond acceptors (Lipinski definition) is 2. The second-order valence-corrected chi connectivity index (χ2v) is 14.2. The molecule has 2 heterocycles. The molecule has 54 heavy (non-hydrogen) atoms. The molecule has 0 bridgehead atoms. The maximum Gasteiger partial charge on any atom is 0.0972 e. The zero-order chi connectivity index (χ0) is 35.6. The van der Waals surface area contributed by atoms with Crippen LogP contribution >= 0.6 is 0 Å². The molecule has 0 atom stereocenters. The van der Waals surface area contributed by atoms with Crippen molar-refractivity contribution in [3.05, 3.63) is 194 Å². The Morgan fingerprint density at radius 2 is 0.796 bits per heavy atom. The summed E-state index contributed by atoms with van der Waals surface area (Å²) < 4.78 is 0. The van der Waals surface area contributed by atoms with Crippen LogP contribution in [-0.2, 0) is 0 Å². The van der Waals surface area contributed by atoms with Gasteiger partial charge >= 0.3 is 0 Å². The van der Waals surface area contributed by atoms with Gasteiger partial charge < -0.3 is 0 Å². The van der Waals surface area contributed by atoms with Gasteiger partial charge in [-0.3, -0.25) is 4.98 Å². The van der Waals surface area contributed by atoms with Crippen LogP contribution in [0.1, 0.15) is 0 Å². The van der Waals surface area contributed by atoms with Crippen LogP contribution < -0.4 is 0 Å². The molecule has 0 amide bonds. The zero-order valence-electron chi connectivity index (χ0n) is 29.4. The molecule has 0 N–H and O–H groups in total. The molecule has 0 saturated carbocycles. The van der Waals surface area contributed by atoms with Crippen molar-refractivity contribution in [2.45, 2.75) is 0 Å². The highest BCUT2D eigenvalue weighted by molar-refractivity contribution is 6.19. The van der Waals surface area contributed by atoms with Crippen molar-refractivity contribution < 1.29 is 0 Å². The van der Waals surface area contributed by atoms with Crippen molar-refractivity contribution in [1.29, 1.82) is 0 Å². The molecule has 0 unspecified atom stereocenters. The van der Waals surface area contributed by atoms with E-state index in [0.717, 1.165) is 33.1 Å². The minimum atomic E-state index is 0.928. The molecule has 2 heteroatoms. The van der Waals surface area contributed by atoms with Gasteiger partial charge in [0.2, 0.25) is 0 Å². The van der Waals surface area contributed by atoms with Crippen molar-refractivity contribution in [3.63, 3.8) is 0 Å². The minimum absolute atomic E-state index is 0.928. The van der Waals surface area contributed by atoms with E-state index in [1.54, 1.807) is 0 Å². The molecular weight excluding hydrogens is 653 g/mol. The Morgan fingerprint density at radius 1 is 0.296 bits per heavy atom. The van der Waals surface area contributed by atoms with E-state index in [9.17, 15) is 0 Å². The number of fused-ring (bicyclic) bond motifs is 7. The van der Waals surface area contributed by atoms with E-state index in [2.05, 4.69) is 187 Å². The lowest BCUT2D eigenvalue weighted by Crippen LogP contribution is -1.91. The second kappa shape index (κ2) is 12.2. The Balaban J connectivity index is 1.13. The molecule has 0 radical (unpaired) electrons. The van der Waals surface area contributed by atoms with Gasteiger partial charge in [0, 0.05) is 22.5 Å². The summed E-state index contributed by atoms with van der Waals surface area (Å²) in [6.07, 6.45) is 1.84. The van der Waals surface area contributed by atoms with E-state index in [1.165, 1.54) is 76.5 Å². The first-order chi connectivity index (χ1) is 26.7. The Kier molecular flexibility index (Phi) is 6.90. The third-order valence-electron chi connectivity index (χ3n) is 11.1. The first kappa shape index (κ1) is 30.5. The highest BCUT2D eigenvalue weighted by Gasteiger charge is 2.17. The van der Waals surface area contributed by atoms with Crippen molar-refractivity contribution in [1.82, 2.24) is 9.97 Å². The summed E-state index contributed by atoms with van der Waals surface area (Å²) in [6.45, 7) is 0. The molecule has 11 rings (SSSR count). The molecule has 250 valence electrons. The van der Waals surface area contributed by atoms with E-state index < -0.39 is 0 Å². The molecule has 0 aliphatic rings. The van der Waals surface area contributed by atoms with E-state index in [-0.39, 0.29) is 0 Å². The molecule has 9 aromatic carbocycles. The van der Waals surface area contributed by atoms with Crippen molar-refractivity contribution in [3.8, 4) is 44.6 Å². The third kappa shape index (κ3) is 4.96. The molecule has 0 fully saturated rings. The van der Waals surface area contributed by atoms with Gasteiger partial charge in [-0.25, -0.2) is 4.98 Å². The maximum atomic E-state index is 5.15. The lowest BCUT2D eigenvalue weighted by atomic mass is 9.85. The topological polar surface area (TPSA) is 25.8 Å². The molecule has 2 nitrogen and oxygen atoms in total. The van der Waals surface area contributed by atoms with Gasteiger partial charge in [0.15, 0.2) is 0 Å². The van der Waals surface area contributed by atoms with Crippen LogP contribution in [0.15, 0.2) is 194 Å². The summed E-state index contributed by atoms with van der Waals surface area (Å²) in [5, 5.41) is 12.1. The molecule has 0 spiro atoms. The molecule has 2 aromatic heterocycles. The number of hydrogen-bond donors (Lipinski definition) is 0. The Morgan fingerprint density at radius 3 is 1.43 bits per heavy atom. The molecule has 0 aliphatic heterocycles. The van der Waals surface area contributed by atoms with Crippen molar-refractivity contribution >= 4 is 64.9 Å². The van der Waals surface area contributed by atoms with Crippen molar-refractivity contribution in [2.24, 2.45) is 0 Å². The van der Waals surface area contributed by atoms with Gasteiger partial charge in [-0.15, -0.1) is 0 Å². The number of rotatable bonds is 4. The highest BCUT2D eigenvalue weighted by Crippen LogP contribution is 2.44. The average molecular weight is 685 g/mol. The smallest absolute Gasteiger partial charge is 0.0972 e. The van der Waals surface area contributed by atoms with Gasteiger partial charge in [0.25, 0.3) is 0 Å². The predicted octanol–water partition coefficient (Wildman–Crippen LogP) is 14.1. The van der Waals surface area contributed by atoms with Crippen LogP contribution in [0.25, 0.3) is 110 Å². The predicted molar refractivity (Wildman–Crippen MR) is 229 cm³/mol. The molecular formula is C52H32N2.